The molecule has 0 saturated heterocycles. The van der Waals surface area contributed by atoms with Crippen LogP contribution in [0.4, 0.5) is 0 Å². The van der Waals surface area contributed by atoms with E-state index in [0.717, 1.165) is 18.3 Å². The van der Waals surface area contributed by atoms with E-state index in [1.807, 2.05) is 20.8 Å². The van der Waals surface area contributed by atoms with Gasteiger partial charge in [0.15, 0.2) is 0 Å². The topological polar surface area (TPSA) is 98.6 Å². The Balaban J connectivity index is 0.000000575. The van der Waals surface area contributed by atoms with Crippen LogP contribution in [0.5, 0.6) is 0 Å². The standard InChI is InChI=1S/C15H24O2.C10H16O.C5H9ClO.C5H4.H3N/c1-14(2,3)13(16)17-9-10-6-7-11-8-12(10)15(11,4)5;1-10(2)8-4-3-7(6-11)9(10)5-8;1-5(2,3)4(6)7;1-3-5-4-2;/h6,11-12H,7-9H2,1-5H3;3,8-9,11H,4-6H2,1-2H3;1-3H3;1H,2H3;1H3. The first-order valence-corrected chi connectivity index (χ1v) is 14.9. The van der Waals surface area contributed by atoms with Gasteiger partial charge in [-0.25, -0.2) is 0 Å². The third-order valence-electron chi connectivity index (χ3n) is 9.12. The number of rotatable bonds is 3. The summed E-state index contributed by atoms with van der Waals surface area (Å²) >= 11 is 5.11. The Labute approximate surface area is 255 Å². The highest BCUT2D eigenvalue weighted by Gasteiger charge is 2.52. The zero-order valence-electron chi connectivity index (χ0n) is 27.5. The van der Waals surface area contributed by atoms with Crippen molar-refractivity contribution in [2.45, 2.75) is 102 Å². The van der Waals surface area contributed by atoms with Gasteiger partial charge in [-0.2, -0.15) is 0 Å². The number of allylic oxidation sites excluding steroid dienone is 2. The van der Waals surface area contributed by atoms with Crippen LogP contribution in [0.3, 0.4) is 0 Å². The second-order valence-electron chi connectivity index (χ2n) is 14.7. The molecule has 0 aromatic carbocycles. The van der Waals surface area contributed by atoms with Crippen molar-refractivity contribution in [3.63, 3.8) is 0 Å². The van der Waals surface area contributed by atoms with Gasteiger partial charge >= 0.3 is 5.97 Å². The summed E-state index contributed by atoms with van der Waals surface area (Å²) < 4.78 is 5.43. The molecule has 0 heterocycles. The maximum Gasteiger partial charge on any atom is 0.311 e. The number of hydrogen-bond acceptors (Lipinski definition) is 5. The Morgan fingerprint density at radius 2 is 1.37 bits per heavy atom. The zero-order valence-corrected chi connectivity index (χ0v) is 28.3. The average molecular weight is 590 g/mol. The Morgan fingerprint density at radius 1 is 0.951 bits per heavy atom. The summed E-state index contributed by atoms with van der Waals surface area (Å²) in [7, 11) is 0. The van der Waals surface area contributed by atoms with Crippen molar-refractivity contribution in [3.8, 4) is 24.2 Å². The van der Waals surface area contributed by atoms with Gasteiger partial charge in [-0.3, -0.25) is 9.59 Å². The normalized spacial score (nSPS) is 25.5. The summed E-state index contributed by atoms with van der Waals surface area (Å²) in [6, 6.07) is 0. The Bertz CT molecular complexity index is 1070. The van der Waals surface area contributed by atoms with Crippen LogP contribution < -0.4 is 6.15 Å². The molecule has 232 valence electrons. The Kier molecular flexibility index (Phi) is 14.7. The summed E-state index contributed by atoms with van der Waals surface area (Å²) in [6.07, 6.45) is 14.2. The molecular formula is C35H56ClNO4. The molecule has 4 N–H and O–H groups in total. The first-order valence-electron chi connectivity index (χ1n) is 14.5. The molecule has 4 unspecified atom stereocenters. The molecule has 0 spiro atoms. The minimum atomic E-state index is -0.396. The van der Waals surface area contributed by atoms with E-state index in [4.69, 9.17) is 27.9 Å². The third-order valence-corrected chi connectivity index (χ3v) is 9.68. The predicted octanol–water partition coefficient (Wildman–Crippen LogP) is 8.14. The van der Waals surface area contributed by atoms with Gasteiger partial charge in [-0.1, -0.05) is 66.5 Å². The van der Waals surface area contributed by atoms with Crippen molar-refractivity contribution in [1.29, 1.82) is 0 Å². The summed E-state index contributed by atoms with van der Waals surface area (Å²) in [5.41, 5.74) is 2.76. The molecule has 6 heteroatoms. The molecule has 41 heavy (non-hydrogen) atoms. The fourth-order valence-corrected chi connectivity index (χ4v) is 5.73. The number of aliphatic hydroxyl groups excluding tert-OH is 1. The number of hydrogen-bond donors (Lipinski definition) is 2. The fraction of sp³-hybridized carbons (Fsp3) is 0.714. The second kappa shape index (κ2) is 15.4. The molecule has 6 rings (SSSR count). The highest BCUT2D eigenvalue weighted by molar-refractivity contribution is 6.64. The van der Waals surface area contributed by atoms with Crippen molar-refractivity contribution >= 4 is 22.8 Å². The van der Waals surface area contributed by atoms with E-state index in [2.05, 4.69) is 57.6 Å². The van der Waals surface area contributed by atoms with Gasteiger partial charge in [0, 0.05) is 5.41 Å². The Morgan fingerprint density at radius 3 is 1.61 bits per heavy atom. The third kappa shape index (κ3) is 10.3. The molecule has 0 aromatic heterocycles. The molecule has 2 saturated carbocycles. The number of carbonyl (C=O) groups excluding carboxylic acids is 2. The lowest BCUT2D eigenvalue weighted by atomic mass is 9.49. The first-order chi connectivity index (χ1) is 18.2. The number of terminal acetylenes is 1. The summed E-state index contributed by atoms with van der Waals surface area (Å²) in [5, 5.41) is 8.77. The number of esters is 1. The smallest absolute Gasteiger partial charge is 0.311 e. The first kappa shape index (κ1) is 39.0. The SMILES string of the molecule is C#CC#CC.CC(C)(C)C(=O)Cl.CC(C)(C)C(=O)OCC1=CCC2CC1C2(C)C.CC1(C)C2CC=C(CO)C1C2.N. The average Bonchev–Trinajstić information content (AvgIpc) is 2.87. The monoisotopic (exact) mass is 589 g/mol. The van der Waals surface area contributed by atoms with Gasteiger partial charge in [0.2, 0.25) is 5.24 Å². The molecule has 4 atom stereocenters. The van der Waals surface area contributed by atoms with E-state index in [0.29, 0.717) is 29.3 Å². The predicted molar refractivity (Wildman–Crippen MR) is 171 cm³/mol. The number of halogens is 1. The lowest BCUT2D eigenvalue weighted by Crippen LogP contribution is -2.48. The van der Waals surface area contributed by atoms with Gasteiger partial charge < -0.3 is 16.0 Å². The van der Waals surface area contributed by atoms with Crippen LogP contribution in [0.15, 0.2) is 23.3 Å². The number of aliphatic hydroxyl groups is 1. The largest absolute Gasteiger partial charge is 0.461 e. The molecule has 4 bridgehead atoms. The van der Waals surface area contributed by atoms with Gasteiger partial charge in [0.05, 0.1) is 12.0 Å². The van der Waals surface area contributed by atoms with Crippen molar-refractivity contribution in [3.05, 3.63) is 23.3 Å². The lowest BCUT2D eigenvalue weighted by Gasteiger charge is -2.56. The van der Waals surface area contributed by atoms with Crippen LogP contribution in [0, 0.1) is 69.5 Å². The van der Waals surface area contributed by atoms with E-state index in [1.54, 1.807) is 27.7 Å². The second-order valence-corrected chi connectivity index (χ2v) is 15.0. The molecule has 6 aliphatic carbocycles. The van der Waals surface area contributed by atoms with Crippen LogP contribution >= 0.6 is 11.6 Å². The quantitative estimate of drug-likeness (QED) is 0.150. The van der Waals surface area contributed by atoms with Gasteiger partial charge in [-0.05, 0) is 122 Å². The molecule has 0 aliphatic heterocycles. The van der Waals surface area contributed by atoms with Crippen molar-refractivity contribution in [2.75, 3.05) is 13.2 Å². The van der Waals surface area contributed by atoms with E-state index in [9.17, 15) is 9.59 Å². The van der Waals surface area contributed by atoms with Crippen molar-refractivity contribution in [1.82, 2.24) is 6.15 Å². The van der Waals surface area contributed by atoms with E-state index in [1.165, 1.54) is 30.4 Å². The van der Waals surface area contributed by atoms with E-state index < -0.39 is 5.41 Å². The number of carbonyl (C=O) groups is 2. The maximum absolute atomic E-state index is 11.7. The molecule has 6 aliphatic rings. The molecule has 5 nitrogen and oxygen atoms in total. The van der Waals surface area contributed by atoms with Crippen molar-refractivity contribution in [2.24, 2.45) is 45.3 Å². The van der Waals surface area contributed by atoms with Gasteiger partial charge in [0.25, 0.3) is 0 Å². The van der Waals surface area contributed by atoms with E-state index >= 15 is 0 Å². The minimum absolute atomic E-state index is 0. The van der Waals surface area contributed by atoms with E-state index in [-0.39, 0.29) is 29.4 Å². The van der Waals surface area contributed by atoms with Crippen LogP contribution in [-0.4, -0.2) is 29.5 Å². The molecule has 0 aromatic rings. The van der Waals surface area contributed by atoms with Crippen molar-refractivity contribution < 1.29 is 19.4 Å². The highest BCUT2D eigenvalue weighted by atomic mass is 35.5. The fourth-order valence-electron chi connectivity index (χ4n) is 5.73. The van der Waals surface area contributed by atoms with Crippen LogP contribution in [0.1, 0.15) is 102 Å². The highest BCUT2D eigenvalue weighted by Crippen LogP contribution is 2.59. The number of ether oxygens (including phenoxy) is 1. The Hall–Kier alpha value is -2.05. The van der Waals surface area contributed by atoms with Crippen LogP contribution in [0.2, 0.25) is 0 Å². The summed E-state index contributed by atoms with van der Waals surface area (Å²) in [6.45, 7) is 22.8. The lowest BCUT2D eigenvalue weighted by molar-refractivity contribution is -0.152. The summed E-state index contributed by atoms with van der Waals surface area (Å²) in [4.78, 5) is 22.0. The number of fused-ring (bicyclic) bond motifs is 2. The summed E-state index contributed by atoms with van der Waals surface area (Å²) in [5.74, 6) is 10.0. The maximum atomic E-state index is 11.7. The van der Waals surface area contributed by atoms with Gasteiger partial charge in [-0.15, -0.1) is 6.42 Å². The molecule has 0 amide bonds. The minimum Gasteiger partial charge on any atom is -0.461 e. The van der Waals surface area contributed by atoms with Crippen LogP contribution in [-0.2, 0) is 14.3 Å². The molecular weight excluding hydrogens is 534 g/mol. The van der Waals surface area contributed by atoms with Gasteiger partial charge in [0.1, 0.15) is 6.61 Å². The molecule has 0 radical (unpaired) electrons. The van der Waals surface area contributed by atoms with Crippen LogP contribution in [0.25, 0.3) is 0 Å². The molecule has 2 fully saturated rings. The zero-order chi connectivity index (χ0) is 31.1.